The molecule has 1 atom stereocenters. The Kier molecular flexibility index (Phi) is 5.69. The summed E-state index contributed by atoms with van der Waals surface area (Å²) in [4.78, 5) is 19.3. The summed E-state index contributed by atoms with van der Waals surface area (Å²) >= 11 is 1.32. The fourth-order valence-electron chi connectivity index (χ4n) is 4.49. The zero-order chi connectivity index (χ0) is 22.2. The lowest BCUT2D eigenvalue weighted by atomic mass is 10.0. The maximum absolute atomic E-state index is 14.0. The predicted octanol–water partition coefficient (Wildman–Crippen LogP) is 5.64. The van der Waals surface area contributed by atoms with Crippen molar-refractivity contribution in [1.29, 1.82) is 0 Å². The first-order chi connectivity index (χ1) is 15.6. The van der Waals surface area contributed by atoms with E-state index in [-0.39, 0.29) is 23.2 Å². The van der Waals surface area contributed by atoms with E-state index in [9.17, 15) is 14.3 Å². The Balaban J connectivity index is 1.81. The summed E-state index contributed by atoms with van der Waals surface area (Å²) in [6, 6.07) is 9.77. The van der Waals surface area contributed by atoms with Crippen molar-refractivity contribution >= 4 is 31.6 Å². The lowest BCUT2D eigenvalue weighted by molar-refractivity contribution is 0.0965. The van der Waals surface area contributed by atoms with Crippen LogP contribution in [0.5, 0.6) is 5.75 Å². The Morgan fingerprint density at radius 2 is 2.16 bits per heavy atom. The maximum atomic E-state index is 14.0. The molecule has 1 unspecified atom stereocenters. The van der Waals surface area contributed by atoms with Gasteiger partial charge in [0.25, 0.3) is 5.56 Å². The van der Waals surface area contributed by atoms with Crippen molar-refractivity contribution < 1.29 is 14.2 Å². The summed E-state index contributed by atoms with van der Waals surface area (Å²) in [5, 5.41) is 11.9. The summed E-state index contributed by atoms with van der Waals surface area (Å²) in [6.07, 6.45) is 4.62. The highest BCUT2D eigenvalue weighted by Crippen LogP contribution is 2.40. The number of phenolic OH excluding ortho intramolecular Hbond substituents is 1. The third-order valence-corrected chi connectivity index (χ3v) is 7.21. The Hall–Kier alpha value is -2.77. The second-order valence-corrected chi connectivity index (χ2v) is 9.33. The average Bonchev–Trinajstić information content (AvgIpc) is 3.43. The molecule has 32 heavy (non-hydrogen) atoms. The molecule has 2 aromatic heterocycles. The average molecular weight is 453 g/mol. The van der Waals surface area contributed by atoms with Gasteiger partial charge in [0.2, 0.25) is 0 Å². The summed E-state index contributed by atoms with van der Waals surface area (Å²) in [6.45, 7) is 3.18. The fraction of sp³-hybridized carbons (Fsp3) is 0.360. The molecule has 0 radical (unpaired) electrons. The topological polar surface area (TPSA) is 64.3 Å². The van der Waals surface area contributed by atoms with E-state index in [0.29, 0.717) is 39.5 Å². The summed E-state index contributed by atoms with van der Waals surface area (Å²) in [5.74, 6) is 0.204. The monoisotopic (exact) mass is 452 g/mol. The normalized spacial score (nSPS) is 16.4. The molecule has 5 rings (SSSR count). The summed E-state index contributed by atoms with van der Waals surface area (Å²) in [7, 11) is 0. The summed E-state index contributed by atoms with van der Waals surface area (Å²) in [5.41, 5.74) is 1.43. The number of aryl methyl sites for hydroxylation is 1. The van der Waals surface area contributed by atoms with Gasteiger partial charge in [-0.1, -0.05) is 31.5 Å². The van der Waals surface area contributed by atoms with Crippen LogP contribution in [0.25, 0.3) is 31.7 Å². The van der Waals surface area contributed by atoms with Crippen LogP contribution >= 0.6 is 11.3 Å². The van der Waals surface area contributed by atoms with Gasteiger partial charge in [-0.25, -0.2) is 9.37 Å². The van der Waals surface area contributed by atoms with Crippen LogP contribution in [0.1, 0.15) is 38.2 Å². The van der Waals surface area contributed by atoms with Crippen LogP contribution in [0.3, 0.4) is 0 Å². The number of halogens is 1. The van der Waals surface area contributed by atoms with Crippen LogP contribution in [-0.4, -0.2) is 27.4 Å². The number of unbranched alkanes of at least 4 members (excludes halogenated alkanes) is 1. The fourth-order valence-corrected chi connectivity index (χ4v) is 5.62. The highest BCUT2D eigenvalue weighted by Gasteiger charge is 2.24. The third-order valence-electron chi connectivity index (χ3n) is 6.10. The van der Waals surface area contributed by atoms with E-state index in [1.165, 1.54) is 23.5 Å². The molecule has 1 aliphatic rings. The van der Waals surface area contributed by atoms with Crippen molar-refractivity contribution in [3.63, 3.8) is 0 Å². The first kappa shape index (κ1) is 21.1. The Morgan fingerprint density at radius 3 is 2.91 bits per heavy atom. The van der Waals surface area contributed by atoms with Crippen LogP contribution in [0.2, 0.25) is 0 Å². The molecule has 0 spiro atoms. The van der Waals surface area contributed by atoms with Crippen LogP contribution in [0.4, 0.5) is 4.39 Å². The number of fused-ring (bicyclic) bond motifs is 3. The first-order valence-corrected chi connectivity index (χ1v) is 11.9. The number of hydrogen-bond donors (Lipinski definition) is 1. The Bertz CT molecular complexity index is 1360. The number of benzene rings is 2. The third kappa shape index (κ3) is 3.69. The largest absolute Gasteiger partial charge is 0.506 e. The van der Waals surface area contributed by atoms with Crippen LogP contribution < -0.4 is 5.56 Å². The molecule has 1 fully saturated rings. The minimum Gasteiger partial charge on any atom is -0.506 e. The van der Waals surface area contributed by atoms with Gasteiger partial charge in [-0.2, -0.15) is 0 Å². The molecule has 3 heterocycles. The van der Waals surface area contributed by atoms with Gasteiger partial charge in [-0.05, 0) is 49.4 Å². The van der Waals surface area contributed by atoms with Crippen molar-refractivity contribution in [2.24, 2.45) is 0 Å². The number of ether oxygens (including phenoxy) is 1. The van der Waals surface area contributed by atoms with E-state index in [1.807, 2.05) is 6.07 Å². The number of aromatic hydroxyl groups is 1. The predicted molar refractivity (Wildman–Crippen MR) is 126 cm³/mol. The number of rotatable bonds is 6. The lowest BCUT2D eigenvalue weighted by Gasteiger charge is -2.16. The van der Waals surface area contributed by atoms with E-state index in [0.717, 1.165) is 43.1 Å². The maximum Gasteiger partial charge on any atom is 0.263 e. The van der Waals surface area contributed by atoms with E-state index >= 15 is 0 Å². The van der Waals surface area contributed by atoms with Gasteiger partial charge in [0.1, 0.15) is 22.2 Å². The van der Waals surface area contributed by atoms with Gasteiger partial charge in [-0.15, -0.1) is 11.3 Å². The molecule has 0 saturated carbocycles. The molecule has 5 nitrogen and oxygen atoms in total. The highest BCUT2D eigenvalue weighted by molar-refractivity contribution is 7.25. The molecular weight excluding hydrogens is 427 g/mol. The molecule has 1 aliphatic heterocycles. The molecule has 2 aromatic carbocycles. The number of thiophene rings is 1. The van der Waals surface area contributed by atoms with Gasteiger partial charge in [0.15, 0.2) is 0 Å². The van der Waals surface area contributed by atoms with Crippen molar-refractivity contribution in [2.75, 3.05) is 6.61 Å². The molecule has 1 saturated heterocycles. The van der Waals surface area contributed by atoms with Gasteiger partial charge in [0.05, 0.1) is 22.7 Å². The van der Waals surface area contributed by atoms with E-state index in [2.05, 4.69) is 6.92 Å². The van der Waals surface area contributed by atoms with E-state index in [4.69, 9.17) is 9.72 Å². The van der Waals surface area contributed by atoms with Crippen LogP contribution in [0, 0.1) is 5.82 Å². The number of hydrogen-bond acceptors (Lipinski definition) is 5. The number of aromatic nitrogens is 2. The minimum absolute atomic E-state index is 0.0721. The zero-order valence-electron chi connectivity index (χ0n) is 17.9. The molecule has 0 aliphatic carbocycles. The van der Waals surface area contributed by atoms with Crippen LogP contribution in [0.15, 0.2) is 41.2 Å². The van der Waals surface area contributed by atoms with Crippen molar-refractivity contribution in [1.82, 2.24) is 9.55 Å². The first-order valence-electron chi connectivity index (χ1n) is 11.1. The Morgan fingerprint density at radius 1 is 1.28 bits per heavy atom. The second kappa shape index (κ2) is 8.64. The molecular formula is C25H25FN2O3S. The summed E-state index contributed by atoms with van der Waals surface area (Å²) < 4.78 is 22.1. The highest BCUT2D eigenvalue weighted by atomic mass is 32.1. The van der Waals surface area contributed by atoms with Gasteiger partial charge >= 0.3 is 0 Å². The molecule has 166 valence electrons. The van der Waals surface area contributed by atoms with Gasteiger partial charge in [0, 0.05) is 17.6 Å². The molecule has 1 N–H and O–H groups in total. The van der Waals surface area contributed by atoms with Crippen molar-refractivity contribution in [3.05, 3.63) is 58.1 Å². The van der Waals surface area contributed by atoms with Crippen molar-refractivity contribution in [3.8, 4) is 17.1 Å². The van der Waals surface area contributed by atoms with Gasteiger partial charge in [-0.3, -0.25) is 9.36 Å². The Labute approximate surface area is 189 Å². The molecule has 0 amide bonds. The standard InChI is InChI=1S/C25H25FN2O3S/c1-2-3-6-15-10-11-19(29)22-20(15)21-24(32-22)27-23(16-7-4-8-17(26)13-16)28(25(21)30)14-18-9-5-12-31-18/h4,7-8,10-11,13,18,29H,2-3,5-6,9,12,14H2,1H3. The van der Waals surface area contributed by atoms with Gasteiger partial charge < -0.3 is 9.84 Å². The second-order valence-electron chi connectivity index (χ2n) is 8.33. The minimum atomic E-state index is -0.378. The zero-order valence-corrected chi connectivity index (χ0v) is 18.8. The van der Waals surface area contributed by atoms with E-state index < -0.39 is 0 Å². The lowest BCUT2D eigenvalue weighted by Crippen LogP contribution is -2.28. The van der Waals surface area contributed by atoms with Crippen LogP contribution in [-0.2, 0) is 17.7 Å². The quantitative estimate of drug-likeness (QED) is 0.411. The number of nitrogens with zero attached hydrogens (tertiary/aromatic N) is 2. The number of phenols is 1. The van der Waals surface area contributed by atoms with Crippen molar-refractivity contribution in [2.45, 2.75) is 51.7 Å². The van der Waals surface area contributed by atoms with E-state index in [1.54, 1.807) is 22.8 Å². The molecule has 0 bridgehead atoms. The molecule has 7 heteroatoms. The smallest absolute Gasteiger partial charge is 0.263 e. The molecule has 4 aromatic rings. The SMILES string of the molecule is CCCCc1ccc(O)c2sc3nc(-c4cccc(F)c4)n(CC4CCCO4)c(=O)c3c12.